The van der Waals surface area contributed by atoms with Crippen LogP contribution >= 0.6 is 0 Å². The third-order valence-electron chi connectivity index (χ3n) is 4.62. The minimum atomic E-state index is -0.664. The van der Waals surface area contributed by atoms with Gasteiger partial charge in [-0.1, -0.05) is 6.92 Å². The van der Waals surface area contributed by atoms with E-state index in [2.05, 4.69) is 5.32 Å². The van der Waals surface area contributed by atoms with Crippen LogP contribution in [-0.2, 0) is 4.74 Å². The molecule has 1 N–H and O–H groups in total. The average Bonchev–Trinajstić information content (AvgIpc) is 3.41. The Labute approximate surface area is 197 Å². The molecular formula is C25H27NO8. The Kier molecular flexibility index (Phi) is 8.79. The van der Waals surface area contributed by atoms with Gasteiger partial charge in [-0.05, 0) is 42.8 Å². The lowest BCUT2D eigenvalue weighted by Crippen LogP contribution is -2.17. The molecule has 34 heavy (non-hydrogen) atoms. The van der Waals surface area contributed by atoms with Crippen LogP contribution in [0.25, 0.3) is 0 Å². The molecule has 2 aromatic carbocycles. The van der Waals surface area contributed by atoms with E-state index in [1.165, 1.54) is 38.7 Å². The summed E-state index contributed by atoms with van der Waals surface area (Å²) in [6.07, 6.45) is 2.31. The molecule has 0 saturated heterocycles. The van der Waals surface area contributed by atoms with Gasteiger partial charge in [0.1, 0.15) is 24.7 Å². The van der Waals surface area contributed by atoms with E-state index in [0.717, 1.165) is 12.2 Å². The molecule has 0 aliphatic rings. The smallest absolute Gasteiger partial charge is 0.340 e. The number of nitrogens with one attached hydrogen (secondary N) is 1. The van der Waals surface area contributed by atoms with E-state index in [9.17, 15) is 9.59 Å². The Morgan fingerprint density at radius 3 is 2.12 bits per heavy atom. The van der Waals surface area contributed by atoms with Crippen molar-refractivity contribution in [2.75, 3.05) is 39.4 Å². The maximum Gasteiger partial charge on any atom is 0.340 e. The van der Waals surface area contributed by atoms with Gasteiger partial charge in [-0.15, -0.1) is 0 Å². The third-order valence-corrected chi connectivity index (χ3v) is 4.62. The van der Waals surface area contributed by atoms with Crippen molar-refractivity contribution in [3.05, 3.63) is 66.1 Å². The minimum absolute atomic E-state index is 0.00711. The van der Waals surface area contributed by atoms with Crippen molar-refractivity contribution < 1.29 is 37.7 Å². The van der Waals surface area contributed by atoms with Gasteiger partial charge in [0.05, 0.1) is 38.3 Å². The van der Waals surface area contributed by atoms with E-state index in [-0.39, 0.29) is 30.2 Å². The zero-order valence-corrected chi connectivity index (χ0v) is 19.3. The second kappa shape index (κ2) is 12.2. The maximum absolute atomic E-state index is 12.8. The number of methoxy groups -OCH3 is 2. The second-order valence-corrected chi connectivity index (χ2v) is 6.99. The molecule has 0 aliphatic heterocycles. The quantitative estimate of drug-likeness (QED) is 0.304. The summed E-state index contributed by atoms with van der Waals surface area (Å²) in [6, 6.07) is 13.2. The van der Waals surface area contributed by atoms with Gasteiger partial charge in [-0.2, -0.15) is 0 Å². The first-order chi connectivity index (χ1) is 16.5. The van der Waals surface area contributed by atoms with Crippen LogP contribution in [0.4, 0.5) is 5.69 Å². The van der Waals surface area contributed by atoms with Crippen molar-refractivity contribution in [3.8, 4) is 23.0 Å². The largest absolute Gasteiger partial charge is 0.494 e. The minimum Gasteiger partial charge on any atom is -0.494 e. The van der Waals surface area contributed by atoms with E-state index >= 15 is 0 Å². The summed E-state index contributed by atoms with van der Waals surface area (Å²) in [7, 11) is 2.90. The highest BCUT2D eigenvalue weighted by atomic mass is 16.6. The van der Waals surface area contributed by atoms with Crippen molar-refractivity contribution in [1.82, 2.24) is 0 Å². The van der Waals surface area contributed by atoms with Gasteiger partial charge in [0, 0.05) is 12.1 Å². The summed E-state index contributed by atoms with van der Waals surface area (Å²) in [6.45, 7) is 2.82. The van der Waals surface area contributed by atoms with E-state index in [4.69, 9.17) is 28.1 Å². The third kappa shape index (κ3) is 6.44. The van der Waals surface area contributed by atoms with Crippen LogP contribution in [0, 0.1) is 0 Å². The predicted molar refractivity (Wildman–Crippen MR) is 124 cm³/mol. The first-order valence-corrected chi connectivity index (χ1v) is 10.7. The fourth-order valence-corrected chi connectivity index (χ4v) is 2.97. The Bertz CT molecular complexity index is 1080. The summed E-state index contributed by atoms with van der Waals surface area (Å²) >= 11 is 0. The topological polar surface area (TPSA) is 105 Å². The molecule has 0 radical (unpaired) electrons. The molecule has 3 rings (SSSR count). The van der Waals surface area contributed by atoms with Gasteiger partial charge >= 0.3 is 5.97 Å². The van der Waals surface area contributed by atoms with Crippen molar-refractivity contribution in [2.24, 2.45) is 0 Å². The summed E-state index contributed by atoms with van der Waals surface area (Å²) in [5.41, 5.74) is 0.280. The molecule has 0 unspecified atom stereocenters. The van der Waals surface area contributed by atoms with Crippen LogP contribution in [0.1, 0.15) is 34.3 Å². The molecule has 0 aliphatic carbocycles. The maximum atomic E-state index is 12.8. The van der Waals surface area contributed by atoms with Gasteiger partial charge in [0.15, 0.2) is 17.3 Å². The number of benzene rings is 2. The van der Waals surface area contributed by atoms with Crippen LogP contribution in [0.5, 0.6) is 23.0 Å². The number of hydrogen-bond donors (Lipinski definition) is 1. The van der Waals surface area contributed by atoms with Crippen LogP contribution in [-0.4, -0.2) is 45.9 Å². The first-order valence-electron chi connectivity index (χ1n) is 10.7. The molecule has 0 fully saturated rings. The molecule has 9 heteroatoms. The zero-order chi connectivity index (χ0) is 24.3. The van der Waals surface area contributed by atoms with Gasteiger partial charge in [-0.3, -0.25) is 4.79 Å². The Balaban J connectivity index is 1.63. The monoisotopic (exact) mass is 469 g/mol. The molecule has 9 nitrogen and oxygen atoms in total. The molecular weight excluding hydrogens is 442 g/mol. The normalized spacial score (nSPS) is 10.3. The first kappa shape index (κ1) is 24.5. The molecule has 1 aromatic heterocycles. The van der Waals surface area contributed by atoms with E-state index in [0.29, 0.717) is 23.9 Å². The Hall–Kier alpha value is -4.14. The lowest BCUT2D eigenvalue weighted by Gasteiger charge is -2.15. The standard InChI is InChI=1S/C25H27NO8/c1-4-11-31-17-7-9-18(10-8-17)32-13-14-34-25(28)19-15-22(29-2)23(30-3)16-20(19)26-24(27)21-6-5-12-33-21/h5-10,12,15-16H,4,11,13-14H2,1-3H3,(H,26,27). The molecule has 0 bridgehead atoms. The van der Waals surface area contributed by atoms with E-state index < -0.39 is 11.9 Å². The van der Waals surface area contributed by atoms with E-state index in [1.807, 2.05) is 19.1 Å². The highest BCUT2D eigenvalue weighted by Gasteiger charge is 2.21. The highest BCUT2D eigenvalue weighted by molar-refractivity contribution is 6.07. The predicted octanol–water partition coefficient (Wildman–Crippen LogP) is 4.57. The number of esters is 1. The van der Waals surface area contributed by atoms with Gasteiger partial charge in [-0.25, -0.2) is 4.79 Å². The Morgan fingerprint density at radius 1 is 0.882 bits per heavy atom. The van der Waals surface area contributed by atoms with Crippen molar-refractivity contribution in [3.63, 3.8) is 0 Å². The number of ether oxygens (including phenoxy) is 5. The van der Waals surface area contributed by atoms with Crippen molar-refractivity contribution in [1.29, 1.82) is 0 Å². The lowest BCUT2D eigenvalue weighted by atomic mass is 10.1. The van der Waals surface area contributed by atoms with Crippen LogP contribution < -0.4 is 24.3 Å². The number of hydrogen-bond acceptors (Lipinski definition) is 8. The molecule has 1 heterocycles. The molecule has 1 amide bonds. The average molecular weight is 469 g/mol. The van der Waals surface area contributed by atoms with Gasteiger partial charge < -0.3 is 33.4 Å². The number of anilines is 1. The second-order valence-electron chi connectivity index (χ2n) is 6.99. The SMILES string of the molecule is CCCOc1ccc(OCCOC(=O)c2cc(OC)c(OC)cc2NC(=O)c2ccco2)cc1. The zero-order valence-electron chi connectivity index (χ0n) is 19.3. The van der Waals surface area contributed by atoms with Crippen molar-refractivity contribution >= 4 is 17.6 Å². The summed E-state index contributed by atoms with van der Waals surface area (Å²) in [4.78, 5) is 25.2. The fraction of sp³-hybridized carbons (Fsp3) is 0.280. The van der Waals surface area contributed by atoms with Crippen molar-refractivity contribution in [2.45, 2.75) is 13.3 Å². The van der Waals surface area contributed by atoms with Crippen LogP contribution in [0.3, 0.4) is 0 Å². The number of carbonyl (C=O) groups excluding carboxylic acids is 2. The molecule has 3 aromatic rings. The number of carbonyl (C=O) groups is 2. The fourth-order valence-electron chi connectivity index (χ4n) is 2.97. The Morgan fingerprint density at radius 2 is 1.53 bits per heavy atom. The van der Waals surface area contributed by atoms with Crippen LogP contribution in [0.2, 0.25) is 0 Å². The van der Waals surface area contributed by atoms with Gasteiger partial charge in [0.25, 0.3) is 5.91 Å². The lowest BCUT2D eigenvalue weighted by molar-refractivity contribution is 0.0451. The summed E-state index contributed by atoms with van der Waals surface area (Å²) in [5.74, 6) is 0.934. The van der Waals surface area contributed by atoms with Crippen LogP contribution in [0.15, 0.2) is 59.2 Å². The summed E-state index contributed by atoms with van der Waals surface area (Å²) in [5, 5.41) is 2.64. The molecule has 180 valence electrons. The molecule has 0 atom stereocenters. The molecule has 0 spiro atoms. The number of amides is 1. The number of furan rings is 1. The van der Waals surface area contributed by atoms with E-state index in [1.54, 1.807) is 18.2 Å². The highest BCUT2D eigenvalue weighted by Crippen LogP contribution is 2.34. The van der Waals surface area contributed by atoms with Gasteiger partial charge in [0.2, 0.25) is 0 Å². The summed E-state index contributed by atoms with van der Waals surface area (Å²) < 4.78 is 32.2. The number of rotatable bonds is 12. The molecule has 0 saturated carbocycles.